The van der Waals surface area contributed by atoms with Gasteiger partial charge in [-0.1, -0.05) is 42.0 Å². The number of carbonyl (C=O) groups is 1. The number of carbonyl (C=O) groups excluding carboxylic acids is 1. The van der Waals surface area contributed by atoms with Crippen LogP contribution in [0.3, 0.4) is 0 Å². The molecule has 11 heteroatoms. The Morgan fingerprint density at radius 2 is 1.58 bits per heavy atom. The number of aromatic nitrogens is 1. The molecule has 6 rings (SSSR count). The lowest BCUT2D eigenvalue weighted by atomic mass is 10.1. The molecule has 2 aliphatic rings. The number of aryl methyl sites for hydroxylation is 1. The first kappa shape index (κ1) is 30.7. The minimum Gasteiger partial charge on any atom is -0.366 e. The molecule has 2 aliphatic heterocycles. The minimum absolute atomic E-state index is 0.0415. The molecule has 1 atom stereocenters. The summed E-state index contributed by atoms with van der Waals surface area (Å²) < 4.78 is 55.6. The average Bonchev–Trinajstić information content (AvgIpc) is 3.56. The quantitative estimate of drug-likeness (QED) is 0.290. The molecule has 234 valence electrons. The lowest BCUT2D eigenvalue weighted by Crippen LogP contribution is -2.47. The summed E-state index contributed by atoms with van der Waals surface area (Å²) in [5.41, 5.74) is 4.24. The molecule has 2 saturated heterocycles. The maximum absolute atomic E-state index is 14.4. The number of piperazine rings is 1. The van der Waals surface area contributed by atoms with E-state index in [2.05, 4.69) is 10.2 Å². The van der Waals surface area contributed by atoms with Gasteiger partial charge in [0.05, 0.1) is 16.3 Å². The van der Waals surface area contributed by atoms with Crippen LogP contribution in [0.25, 0.3) is 11.3 Å². The van der Waals surface area contributed by atoms with Crippen molar-refractivity contribution in [2.24, 2.45) is 0 Å². The van der Waals surface area contributed by atoms with Crippen LogP contribution in [0.2, 0.25) is 0 Å². The topological polar surface area (TPSA) is 85.8 Å². The highest BCUT2D eigenvalue weighted by Crippen LogP contribution is 2.28. The van der Waals surface area contributed by atoms with E-state index in [9.17, 15) is 22.0 Å². The van der Waals surface area contributed by atoms with Crippen molar-refractivity contribution in [3.8, 4) is 11.3 Å². The molecular weight excluding hydrogens is 596 g/mol. The van der Waals surface area contributed by atoms with E-state index in [1.165, 1.54) is 22.5 Å². The van der Waals surface area contributed by atoms with Crippen molar-refractivity contribution in [2.75, 3.05) is 42.5 Å². The molecule has 4 aromatic rings. The average molecular weight is 632 g/mol. The summed E-state index contributed by atoms with van der Waals surface area (Å²) in [4.78, 5) is 22.5. The number of pyridine rings is 1. The summed E-state index contributed by atoms with van der Waals surface area (Å²) in [6, 6.07) is 22.5. The minimum atomic E-state index is -3.97. The molecule has 1 N–H and O–H groups in total. The molecule has 3 aromatic carbocycles. The van der Waals surface area contributed by atoms with Crippen molar-refractivity contribution in [3.63, 3.8) is 0 Å². The SMILES string of the molecule is Cc1ccc(-c2cc(CNC(=O)C3CCCN3S(=O)(=O)c3ccc(F)cc3)cc(N3CCN(c4ccccc4F)CC3)n2)cc1. The number of nitrogens with one attached hydrogen (secondary N) is 1. The highest BCUT2D eigenvalue weighted by molar-refractivity contribution is 7.89. The smallest absolute Gasteiger partial charge is 0.243 e. The number of rotatable bonds is 8. The molecule has 0 spiro atoms. The van der Waals surface area contributed by atoms with E-state index in [0.717, 1.165) is 40.3 Å². The second-order valence-corrected chi connectivity index (χ2v) is 13.3. The van der Waals surface area contributed by atoms with E-state index in [1.807, 2.05) is 54.3 Å². The number of amides is 1. The van der Waals surface area contributed by atoms with Gasteiger partial charge in [-0.2, -0.15) is 4.31 Å². The zero-order valence-corrected chi connectivity index (χ0v) is 25.8. The number of nitrogens with zero attached hydrogens (tertiary/aromatic N) is 4. The van der Waals surface area contributed by atoms with E-state index in [1.54, 1.807) is 12.1 Å². The van der Waals surface area contributed by atoms with Crippen LogP contribution in [-0.4, -0.2) is 62.4 Å². The van der Waals surface area contributed by atoms with Gasteiger partial charge in [-0.15, -0.1) is 0 Å². The Morgan fingerprint density at radius 3 is 2.29 bits per heavy atom. The van der Waals surface area contributed by atoms with Gasteiger partial charge in [0, 0.05) is 44.8 Å². The molecule has 1 aromatic heterocycles. The van der Waals surface area contributed by atoms with Gasteiger partial charge in [0.1, 0.15) is 23.5 Å². The molecule has 45 heavy (non-hydrogen) atoms. The predicted octanol–water partition coefficient (Wildman–Crippen LogP) is 5.13. The van der Waals surface area contributed by atoms with Crippen LogP contribution >= 0.6 is 0 Å². The molecule has 2 fully saturated rings. The van der Waals surface area contributed by atoms with Crippen molar-refractivity contribution in [1.82, 2.24) is 14.6 Å². The van der Waals surface area contributed by atoms with Crippen LogP contribution in [0.15, 0.2) is 89.8 Å². The molecular formula is C34H35F2N5O3S. The second kappa shape index (κ2) is 12.9. The summed E-state index contributed by atoms with van der Waals surface area (Å²) in [5.74, 6) is -0.396. The Hall–Kier alpha value is -4.35. The Kier molecular flexibility index (Phi) is 8.82. The van der Waals surface area contributed by atoms with E-state index in [4.69, 9.17) is 4.98 Å². The number of hydrogen-bond acceptors (Lipinski definition) is 6. The van der Waals surface area contributed by atoms with Gasteiger partial charge in [-0.25, -0.2) is 22.2 Å². The van der Waals surface area contributed by atoms with Crippen molar-refractivity contribution in [2.45, 2.75) is 37.2 Å². The largest absolute Gasteiger partial charge is 0.366 e. The van der Waals surface area contributed by atoms with Gasteiger partial charge in [0.25, 0.3) is 0 Å². The van der Waals surface area contributed by atoms with Gasteiger partial charge in [-0.3, -0.25) is 4.79 Å². The van der Waals surface area contributed by atoms with Crippen molar-refractivity contribution in [1.29, 1.82) is 0 Å². The Labute approximate surface area is 262 Å². The van der Waals surface area contributed by atoms with E-state index in [0.29, 0.717) is 44.7 Å². The lowest BCUT2D eigenvalue weighted by Gasteiger charge is -2.37. The molecule has 0 aliphatic carbocycles. The van der Waals surface area contributed by atoms with Gasteiger partial charge >= 0.3 is 0 Å². The Morgan fingerprint density at radius 1 is 0.889 bits per heavy atom. The van der Waals surface area contributed by atoms with E-state index in [-0.39, 0.29) is 29.7 Å². The highest BCUT2D eigenvalue weighted by atomic mass is 32.2. The standard InChI is InChI=1S/C34H35F2N5O3S/c1-24-8-10-26(11-9-24)30-21-25(22-33(38-30)40-19-17-39(18-20-40)31-6-3-2-5-29(31)36)23-37-34(42)32-7-4-16-41(32)45(43,44)28-14-12-27(35)13-15-28/h2-3,5-6,8-15,21-22,32H,4,7,16-20,23H2,1H3,(H,37,42). The zero-order valence-electron chi connectivity index (χ0n) is 25.0. The van der Waals surface area contributed by atoms with Crippen LogP contribution < -0.4 is 15.1 Å². The van der Waals surface area contributed by atoms with Crippen molar-refractivity contribution < 1.29 is 22.0 Å². The molecule has 0 saturated carbocycles. The number of hydrogen-bond donors (Lipinski definition) is 1. The number of halogens is 2. The summed E-state index contributed by atoms with van der Waals surface area (Å²) in [6.45, 7) is 4.96. The summed E-state index contributed by atoms with van der Waals surface area (Å²) >= 11 is 0. The first-order valence-corrected chi connectivity index (χ1v) is 16.5. The maximum Gasteiger partial charge on any atom is 0.243 e. The fourth-order valence-electron chi connectivity index (χ4n) is 5.93. The second-order valence-electron chi connectivity index (χ2n) is 11.5. The fourth-order valence-corrected chi connectivity index (χ4v) is 7.59. The van der Waals surface area contributed by atoms with Crippen LogP contribution in [0.5, 0.6) is 0 Å². The monoisotopic (exact) mass is 631 g/mol. The normalized spacial score (nSPS) is 17.4. The number of anilines is 2. The first-order valence-electron chi connectivity index (χ1n) is 15.1. The van der Waals surface area contributed by atoms with Crippen molar-refractivity contribution >= 4 is 27.4 Å². The molecule has 0 bridgehead atoms. The van der Waals surface area contributed by atoms with Crippen LogP contribution in [0.1, 0.15) is 24.0 Å². The first-order chi connectivity index (χ1) is 21.7. The lowest BCUT2D eigenvalue weighted by molar-refractivity contribution is -0.124. The molecule has 0 radical (unpaired) electrons. The van der Waals surface area contributed by atoms with Gasteiger partial charge in [0.2, 0.25) is 15.9 Å². The Balaban J connectivity index is 1.20. The van der Waals surface area contributed by atoms with Gasteiger partial charge in [-0.05, 0) is 73.9 Å². The molecule has 8 nitrogen and oxygen atoms in total. The molecule has 3 heterocycles. The van der Waals surface area contributed by atoms with Crippen LogP contribution in [-0.2, 0) is 21.4 Å². The maximum atomic E-state index is 14.4. The zero-order chi connectivity index (χ0) is 31.6. The molecule has 1 amide bonds. The third-order valence-electron chi connectivity index (χ3n) is 8.41. The number of sulfonamides is 1. The predicted molar refractivity (Wildman–Crippen MR) is 170 cm³/mol. The van der Waals surface area contributed by atoms with E-state index >= 15 is 0 Å². The highest BCUT2D eigenvalue weighted by Gasteiger charge is 2.39. The number of para-hydroxylation sites is 1. The van der Waals surface area contributed by atoms with Crippen LogP contribution in [0, 0.1) is 18.6 Å². The third-order valence-corrected chi connectivity index (χ3v) is 10.3. The fraction of sp³-hybridized carbons (Fsp3) is 0.294. The Bertz CT molecular complexity index is 1780. The third kappa shape index (κ3) is 6.69. The summed E-state index contributed by atoms with van der Waals surface area (Å²) in [5, 5.41) is 2.96. The summed E-state index contributed by atoms with van der Waals surface area (Å²) in [6.07, 6.45) is 0.948. The van der Waals surface area contributed by atoms with Crippen LogP contribution in [0.4, 0.5) is 20.3 Å². The van der Waals surface area contributed by atoms with Crippen molar-refractivity contribution in [3.05, 3.63) is 108 Å². The van der Waals surface area contributed by atoms with Gasteiger partial charge < -0.3 is 15.1 Å². The molecule has 1 unspecified atom stereocenters. The number of benzene rings is 3. The van der Waals surface area contributed by atoms with Gasteiger partial charge in [0.15, 0.2) is 0 Å². The summed E-state index contributed by atoms with van der Waals surface area (Å²) in [7, 11) is -3.97. The van der Waals surface area contributed by atoms with E-state index < -0.39 is 21.9 Å².